The van der Waals surface area contributed by atoms with Crippen LogP contribution in [0.2, 0.25) is 5.02 Å². The van der Waals surface area contributed by atoms with Crippen LogP contribution in [-0.2, 0) is 6.18 Å². The van der Waals surface area contributed by atoms with Gasteiger partial charge in [0.25, 0.3) is 0 Å². The average molecular weight is 290 g/mol. The van der Waals surface area contributed by atoms with Gasteiger partial charge in [0.1, 0.15) is 0 Å². The molecule has 2 fully saturated rings. The number of rotatable bonds is 1. The van der Waals surface area contributed by atoms with Crippen molar-refractivity contribution in [3.05, 3.63) is 34.3 Å². The maximum Gasteiger partial charge on any atom is 0.416 e. The maximum absolute atomic E-state index is 12.6. The van der Waals surface area contributed by atoms with Crippen molar-refractivity contribution in [1.82, 2.24) is 5.32 Å². The molecule has 0 amide bonds. The molecule has 3 rings (SSSR count). The van der Waals surface area contributed by atoms with E-state index < -0.39 is 11.7 Å². The summed E-state index contributed by atoms with van der Waals surface area (Å²) in [4.78, 5) is 0. The predicted molar refractivity (Wildman–Crippen MR) is 68.4 cm³/mol. The fourth-order valence-corrected chi connectivity index (χ4v) is 3.68. The van der Waals surface area contributed by atoms with E-state index in [0.717, 1.165) is 30.5 Å². The van der Waals surface area contributed by atoms with Gasteiger partial charge in [-0.1, -0.05) is 17.7 Å². The minimum Gasteiger partial charge on any atom is -0.311 e. The Bertz CT molecular complexity index is 474. The first-order valence-electron chi connectivity index (χ1n) is 6.56. The van der Waals surface area contributed by atoms with Crippen molar-refractivity contribution in [2.75, 3.05) is 0 Å². The second-order valence-electron chi connectivity index (χ2n) is 5.54. The topological polar surface area (TPSA) is 12.0 Å². The molecule has 0 radical (unpaired) electrons. The molecule has 2 unspecified atom stereocenters. The quantitative estimate of drug-likeness (QED) is 0.810. The number of hydrogen-bond donors (Lipinski definition) is 1. The van der Waals surface area contributed by atoms with Crippen molar-refractivity contribution in [2.24, 2.45) is 0 Å². The zero-order chi connectivity index (χ0) is 13.6. The van der Waals surface area contributed by atoms with Gasteiger partial charge in [0, 0.05) is 17.1 Å². The van der Waals surface area contributed by atoms with E-state index >= 15 is 0 Å². The highest BCUT2D eigenvalue weighted by atomic mass is 35.5. The Labute approximate surface area is 115 Å². The van der Waals surface area contributed by atoms with E-state index in [0.29, 0.717) is 12.1 Å². The molecule has 2 bridgehead atoms. The Morgan fingerprint density at radius 3 is 2.26 bits per heavy atom. The van der Waals surface area contributed by atoms with Crippen molar-refractivity contribution >= 4 is 11.6 Å². The summed E-state index contributed by atoms with van der Waals surface area (Å²) in [5.41, 5.74) is 0.200. The first-order chi connectivity index (χ1) is 8.93. The summed E-state index contributed by atoms with van der Waals surface area (Å²) in [6, 6.07) is 4.76. The number of nitrogens with one attached hydrogen (secondary N) is 1. The Hall–Kier alpha value is -0.740. The van der Waals surface area contributed by atoms with Crippen LogP contribution in [0.15, 0.2) is 18.2 Å². The molecule has 2 saturated heterocycles. The summed E-state index contributed by atoms with van der Waals surface area (Å²) in [5.74, 6) is 0.286. The molecular weight excluding hydrogens is 275 g/mol. The Kier molecular flexibility index (Phi) is 3.26. The molecule has 0 spiro atoms. The number of benzene rings is 1. The van der Waals surface area contributed by atoms with Crippen molar-refractivity contribution in [1.29, 1.82) is 0 Å². The van der Waals surface area contributed by atoms with Gasteiger partial charge in [0.05, 0.1) is 5.56 Å². The molecule has 1 nitrogen and oxygen atoms in total. The molecule has 2 atom stereocenters. The third-order valence-electron chi connectivity index (χ3n) is 4.24. The third-order valence-corrected chi connectivity index (χ3v) is 4.57. The highest BCUT2D eigenvalue weighted by Crippen LogP contribution is 2.41. The second kappa shape index (κ2) is 4.67. The Balaban J connectivity index is 1.85. The van der Waals surface area contributed by atoms with Crippen molar-refractivity contribution < 1.29 is 13.2 Å². The number of halogens is 4. The smallest absolute Gasteiger partial charge is 0.311 e. The molecule has 2 heterocycles. The Morgan fingerprint density at radius 2 is 1.74 bits per heavy atom. The van der Waals surface area contributed by atoms with E-state index in [1.165, 1.54) is 12.8 Å². The number of piperidine rings is 1. The first kappa shape index (κ1) is 13.3. The lowest BCUT2D eigenvalue weighted by molar-refractivity contribution is -0.137. The summed E-state index contributed by atoms with van der Waals surface area (Å²) in [7, 11) is 0. The molecule has 1 aromatic carbocycles. The van der Waals surface area contributed by atoms with E-state index in [1.807, 2.05) is 0 Å². The van der Waals surface area contributed by atoms with Gasteiger partial charge in [-0.05, 0) is 49.3 Å². The summed E-state index contributed by atoms with van der Waals surface area (Å²) in [6.45, 7) is 0. The molecule has 5 heteroatoms. The highest BCUT2D eigenvalue weighted by Gasteiger charge is 2.36. The Morgan fingerprint density at radius 1 is 1.11 bits per heavy atom. The van der Waals surface area contributed by atoms with Crippen LogP contribution in [-0.4, -0.2) is 12.1 Å². The average Bonchev–Trinajstić information content (AvgIpc) is 2.67. The standard InChI is InChI=1S/C14H15ClF3N/c15-13-7-9(14(16,17)18)1-4-12(13)8-5-10-2-3-11(6-8)19-10/h1,4,7-8,10-11,19H,2-3,5-6H2. The normalized spacial score (nSPS) is 30.6. The monoisotopic (exact) mass is 289 g/mol. The van der Waals surface area contributed by atoms with Gasteiger partial charge < -0.3 is 5.32 Å². The van der Waals surface area contributed by atoms with Gasteiger partial charge in [-0.2, -0.15) is 13.2 Å². The van der Waals surface area contributed by atoms with Gasteiger partial charge in [-0.15, -0.1) is 0 Å². The fourth-order valence-electron chi connectivity index (χ4n) is 3.35. The van der Waals surface area contributed by atoms with E-state index in [2.05, 4.69) is 5.32 Å². The van der Waals surface area contributed by atoms with Gasteiger partial charge in [0.2, 0.25) is 0 Å². The van der Waals surface area contributed by atoms with Gasteiger partial charge in [-0.3, -0.25) is 0 Å². The zero-order valence-electron chi connectivity index (χ0n) is 10.3. The minimum absolute atomic E-state index is 0.251. The van der Waals surface area contributed by atoms with Crippen LogP contribution < -0.4 is 5.32 Å². The van der Waals surface area contributed by atoms with E-state index in [1.54, 1.807) is 6.07 Å². The maximum atomic E-state index is 12.6. The second-order valence-corrected chi connectivity index (χ2v) is 5.95. The summed E-state index contributed by atoms with van der Waals surface area (Å²) >= 11 is 6.06. The molecule has 1 aromatic rings. The summed E-state index contributed by atoms with van der Waals surface area (Å²) in [5, 5.41) is 3.77. The molecule has 2 aliphatic heterocycles. The predicted octanol–water partition coefficient (Wildman–Crippen LogP) is 4.36. The van der Waals surface area contributed by atoms with Crippen molar-refractivity contribution in [3.8, 4) is 0 Å². The zero-order valence-corrected chi connectivity index (χ0v) is 11.1. The van der Waals surface area contributed by atoms with Gasteiger partial charge in [0.15, 0.2) is 0 Å². The molecule has 0 saturated carbocycles. The number of hydrogen-bond acceptors (Lipinski definition) is 1. The largest absolute Gasteiger partial charge is 0.416 e. The molecule has 104 valence electrons. The van der Waals surface area contributed by atoms with E-state index in [-0.39, 0.29) is 10.9 Å². The highest BCUT2D eigenvalue weighted by molar-refractivity contribution is 6.31. The molecule has 0 aliphatic carbocycles. The van der Waals surface area contributed by atoms with Crippen molar-refractivity contribution in [3.63, 3.8) is 0 Å². The van der Waals surface area contributed by atoms with Crippen LogP contribution in [0.5, 0.6) is 0 Å². The van der Waals surface area contributed by atoms with Crippen LogP contribution in [0.1, 0.15) is 42.7 Å². The number of alkyl halides is 3. The number of fused-ring (bicyclic) bond motifs is 2. The van der Waals surface area contributed by atoms with E-state index in [4.69, 9.17) is 11.6 Å². The SMILES string of the molecule is FC(F)(F)c1ccc(C2CC3CCC(C2)N3)c(Cl)c1. The summed E-state index contributed by atoms with van der Waals surface area (Å²) in [6.07, 6.45) is -0.0443. The van der Waals surface area contributed by atoms with E-state index in [9.17, 15) is 13.2 Å². The van der Waals surface area contributed by atoms with Crippen LogP contribution >= 0.6 is 11.6 Å². The van der Waals surface area contributed by atoms with Crippen LogP contribution in [0.3, 0.4) is 0 Å². The van der Waals surface area contributed by atoms with Gasteiger partial charge in [-0.25, -0.2) is 0 Å². The lowest BCUT2D eigenvalue weighted by Crippen LogP contribution is -2.37. The molecule has 19 heavy (non-hydrogen) atoms. The molecule has 1 N–H and O–H groups in total. The molecule has 0 aromatic heterocycles. The minimum atomic E-state index is -4.32. The lowest BCUT2D eigenvalue weighted by atomic mass is 9.86. The molecule has 2 aliphatic rings. The van der Waals surface area contributed by atoms with Crippen LogP contribution in [0.4, 0.5) is 13.2 Å². The first-order valence-corrected chi connectivity index (χ1v) is 6.94. The van der Waals surface area contributed by atoms with Crippen LogP contribution in [0.25, 0.3) is 0 Å². The van der Waals surface area contributed by atoms with Crippen molar-refractivity contribution in [2.45, 2.75) is 49.9 Å². The molecular formula is C14H15ClF3N. The van der Waals surface area contributed by atoms with Crippen LogP contribution in [0, 0.1) is 0 Å². The fraction of sp³-hybridized carbons (Fsp3) is 0.571. The van der Waals surface area contributed by atoms with Gasteiger partial charge >= 0.3 is 6.18 Å². The summed E-state index contributed by atoms with van der Waals surface area (Å²) < 4.78 is 37.8. The third kappa shape index (κ3) is 2.61. The lowest BCUT2D eigenvalue weighted by Gasteiger charge is -2.30.